The van der Waals surface area contributed by atoms with Gasteiger partial charge in [-0.05, 0) is 24.3 Å². The third kappa shape index (κ3) is 4.22. The molecular weight excluding hydrogens is 388 g/mol. The molecule has 9 nitrogen and oxygen atoms in total. The van der Waals surface area contributed by atoms with E-state index in [2.05, 4.69) is 5.32 Å². The van der Waals surface area contributed by atoms with E-state index in [0.717, 1.165) is 10.6 Å². The van der Waals surface area contributed by atoms with Crippen LogP contribution in [0.1, 0.15) is 0 Å². The molecule has 1 aliphatic rings. The lowest BCUT2D eigenvalue weighted by Crippen LogP contribution is -2.37. The third-order valence-corrected chi connectivity index (χ3v) is 5.13. The first-order valence-corrected chi connectivity index (χ1v) is 10.1. The van der Waals surface area contributed by atoms with E-state index in [4.69, 9.17) is 18.9 Å². The van der Waals surface area contributed by atoms with E-state index in [9.17, 15) is 13.2 Å². The van der Waals surface area contributed by atoms with Crippen LogP contribution in [0.3, 0.4) is 0 Å². The molecule has 1 aliphatic heterocycles. The second-order valence-electron chi connectivity index (χ2n) is 5.92. The number of benzene rings is 2. The summed E-state index contributed by atoms with van der Waals surface area (Å²) in [6, 6.07) is 9.61. The number of fused-ring (bicyclic) bond motifs is 1. The van der Waals surface area contributed by atoms with E-state index in [0.29, 0.717) is 28.7 Å². The number of sulfonamides is 1. The van der Waals surface area contributed by atoms with Crippen LogP contribution in [-0.4, -0.2) is 48.1 Å². The van der Waals surface area contributed by atoms with Crippen LogP contribution in [0, 0.1) is 0 Å². The van der Waals surface area contributed by atoms with Gasteiger partial charge in [0.25, 0.3) is 0 Å². The van der Waals surface area contributed by atoms with Crippen LogP contribution in [0.25, 0.3) is 0 Å². The number of nitrogens with zero attached hydrogens (tertiary/aromatic N) is 1. The number of carbonyl (C=O) groups is 1. The van der Waals surface area contributed by atoms with Crippen LogP contribution >= 0.6 is 0 Å². The summed E-state index contributed by atoms with van der Waals surface area (Å²) < 4.78 is 46.6. The Labute approximate surface area is 162 Å². The fraction of sp³-hybridized carbons (Fsp3) is 0.278. The summed E-state index contributed by atoms with van der Waals surface area (Å²) in [5, 5.41) is 2.66. The van der Waals surface area contributed by atoms with Crippen molar-refractivity contribution in [3.05, 3.63) is 36.4 Å². The van der Waals surface area contributed by atoms with Crippen LogP contribution < -0.4 is 28.6 Å². The van der Waals surface area contributed by atoms with Crippen LogP contribution in [0.2, 0.25) is 0 Å². The van der Waals surface area contributed by atoms with Crippen LogP contribution in [0.4, 0.5) is 11.4 Å². The van der Waals surface area contributed by atoms with Crippen molar-refractivity contribution in [2.75, 3.05) is 43.4 Å². The molecule has 0 radical (unpaired) electrons. The molecule has 3 rings (SSSR count). The zero-order valence-electron chi connectivity index (χ0n) is 15.6. The van der Waals surface area contributed by atoms with Crippen molar-refractivity contribution in [2.24, 2.45) is 0 Å². The number of nitrogens with one attached hydrogen (secondary N) is 1. The molecule has 0 bridgehead atoms. The lowest BCUT2D eigenvalue weighted by atomic mass is 10.2. The average Bonchev–Trinajstić information content (AvgIpc) is 3.12. The van der Waals surface area contributed by atoms with Gasteiger partial charge in [0.15, 0.2) is 11.5 Å². The average molecular weight is 408 g/mol. The zero-order chi connectivity index (χ0) is 20.3. The van der Waals surface area contributed by atoms with E-state index in [1.54, 1.807) is 30.3 Å². The second kappa shape index (κ2) is 7.85. The zero-order valence-corrected chi connectivity index (χ0v) is 16.4. The molecule has 28 heavy (non-hydrogen) atoms. The van der Waals surface area contributed by atoms with Crippen molar-refractivity contribution < 1.29 is 32.2 Å². The molecule has 1 heterocycles. The summed E-state index contributed by atoms with van der Waals surface area (Å²) in [5.41, 5.74) is 0.658. The molecule has 0 spiro atoms. The molecule has 0 fully saturated rings. The maximum atomic E-state index is 12.5. The lowest BCUT2D eigenvalue weighted by Gasteiger charge is -2.24. The first-order valence-electron chi connectivity index (χ1n) is 8.21. The number of ether oxygens (including phenoxy) is 4. The first-order chi connectivity index (χ1) is 13.3. The normalized spacial score (nSPS) is 12.4. The van der Waals surface area contributed by atoms with Gasteiger partial charge in [-0.2, -0.15) is 0 Å². The number of rotatable bonds is 7. The Kier molecular flexibility index (Phi) is 5.50. The fourth-order valence-corrected chi connectivity index (χ4v) is 3.53. The maximum Gasteiger partial charge on any atom is 0.245 e. The molecule has 0 atom stereocenters. The minimum Gasteiger partial charge on any atom is -0.497 e. The summed E-state index contributed by atoms with van der Waals surface area (Å²) in [7, 11) is -0.904. The molecule has 1 N–H and O–H groups in total. The summed E-state index contributed by atoms with van der Waals surface area (Å²) in [6.45, 7) is -0.332. The highest BCUT2D eigenvalue weighted by atomic mass is 32.2. The Bertz CT molecular complexity index is 991. The molecular formula is C18H20N2O7S. The number of amides is 1. The number of carbonyl (C=O) groups excluding carboxylic acids is 1. The minimum absolute atomic E-state index is 0.115. The predicted octanol–water partition coefficient (Wildman–Crippen LogP) is 1.84. The van der Waals surface area contributed by atoms with Crippen molar-refractivity contribution in [3.63, 3.8) is 0 Å². The standard InChI is InChI=1S/C18H20N2O7S/c1-24-13-5-7-15(25-2)14(9-13)20(28(3,22)23)10-18(21)19-12-4-6-16-17(8-12)27-11-26-16/h4-9H,10-11H2,1-3H3,(H,19,21). The molecule has 2 aromatic carbocycles. The predicted molar refractivity (Wildman–Crippen MR) is 103 cm³/mol. The molecule has 0 unspecified atom stereocenters. The van der Waals surface area contributed by atoms with E-state index in [1.807, 2.05) is 0 Å². The molecule has 0 aliphatic carbocycles. The smallest absolute Gasteiger partial charge is 0.245 e. The van der Waals surface area contributed by atoms with Gasteiger partial charge in [0, 0.05) is 17.8 Å². The van der Waals surface area contributed by atoms with E-state index < -0.39 is 22.5 Å². The van der Waals surface area contributed by atoms with Gasteiger partial charge in [-0.15, -0.1) is 0 Å². The third-order valence-electron chi connectivity index (χ3n) is 4.00. The van der Waals surface area contributed by atoms with Gasteiger partial charge in [0.05, 0.1) is 26.2 Å². The van der Waals surface area contributed by atoms with E-state index >= 15 is 0 Å². The number of methoxy groups -OCH3 is 2. The van der Waals surface area contributed by atoms with Gasteiger partial charge in [-0.3, -0.25) is 9.10 Å². The molecule has 1 amide bonds. The highest BCUT2D eigenvalue weighted by molar-refractivity contribution is 7.92. The van der Waals surface area contributed by atoms with Gasteiger partial charge in [0.1, 0.15) is 18.0 Å². The van der Waals surface area contributed by atoms with Crippen LogP contribution in [0.5, 0.6) is 23.0 Å². The Morgan fingerprint density at radius 3 is 2.54 bits per heavy atom. The van der Waals surface area contributed by atoms with Gasteiger partial charge < -0.3 is 24.3 Å². The Hall–Kier alpha value is -3.14. The SMILES string of the molecule is COc1ccc(OC)c(N(CC(=O)Nc2ccc3c(c2)OCO3)S(C)(=O)=O)c1. The highest BCUT2D eigenvalue weighted by Gasteiger charge is 2.25. The number of anilines is 2. The van der Waals surface area contributed by atoms with E-state index in [1.165, 1.54) is 20.3 Å². The van der Waals surface area contributed by atoms with Gasteiger partial charge in [-0.25, -0.2) is 8.42 Å². The number of hydrogen-bond donors (Lipinski definition) is 1. The van der Waals surface area contributed by atoms with Crippen LogP contribution in [-0.2, 0) is 14.8 Å². The molecule has 150 valence electrons. The molecule has 10 heteroatoms. The van der Waals surface area contributed by atoms with Crippen molar-refractivity contribution in [3.8, 4) is 23.0 Å². The summed E-state index contributed by atoms with van der Waals surface area (Å²) in [6.07, 6.45) is 1.01. The highest BCUT2D eigenvalue weighted by Crippen LogP contribution is 2.35. The van der Waals surface area contributed by atoms with Crippen molar-refractivity contribution in [1.29, 1.82) is 0 Å². The van der Waals surface area contributed by atoms with E-state index in [-0.39, 0.29) is 12.5 Å². The van der Waals surface area contributed by atoms with Gasteiger partial charge >= 0.3 is 0 Å². The maximum absolute atomic E-state index is 12.5. The summed E-state index contributed by atoms with van der Waals surface area (Å²) in [4.78, 5) is 12.5. The minimum atomic E-state index is -3.78. The Morgan fingerprint density at radius 1 is 1.11 bits per heavy atom. The quantitative estimate of drug-likeness (QED) is 0.745. The summed E-state index contributed by atoms with van der Waals surface area (Å²) in [5.74, 6) is 1.28. The summed E-state index contributed by atoms with van der Waals surface area (Å²) >= 11 is 0. The van der Waals surface area contributed by atoms with Crippen molar-refractivity contribution >= 4 is 27.3 Å². The van der Waals surface area contributed by atoms with Gasteiger partial charge in [-0.1, -0.05) is 0 Å². The fourth-order valence-electron chi connectivity index (χ4n) is 2.68. The monoisotopic (exact) mass is 408 g/mol. The van der Waals surface area contributed by atoms with Crippen LogP contribution in [0.15, 0.2) is 36.4 Å². The second-order valence-corrected chi connectivity index (χ2v) is 7.83. The van der Waals surface area contributed by atoms with Gasteiger partial charge in [0.2, 0.25) is 22.7 Å². The number of hydrogen-bond acceptors (Lipinski definition) is 7. The van der Waals surface area contributed by atoms with Crippen molar-refractivity contribution in [1.82, 2.24) is 0 Å². The topological polar surface area (TPSA) is 103 Å². The molecule has 2 aromatic rings. The first kappa shape index (κ1) is 19.6. The largest absolute Gasteiger partial charge is 0.497 e. The van der Waals surface area contributed by atoms with Crippen molar-refractivity contribution in [2.45, 2.75) is 0 Å². The molecule has 0 aromatic heterocycles. The molecule has 0 saturated heterocycles. The lowest BCUT2D eigenvalue weighted by molar-refractivity contribution is -0.114. The molecule has 0 saturated carbocycles. The Morgan fingerprint density at radius 2 is 1.86 bits per heavy atom. The Balaban J connectivity index is 1.85.